The van der Waals surface area contributed by atoms with Gasteiger partial charge in [0.15, 0.2) is 11.5 Å². The Morgan fingerprint density at radius 3 is 2.38 bits per heavy atom. The molecule has 0 aliphatic carbocycles. The van der Waals surface area contributed by atoms with E-state index in [-0.39, 0.29) is 16.7 Å². The largest absolute Gasteiger partial charge is 0.508 e. The highest BCUT2D eigenvalue weighted by Crippen LogP contribution is 2.36. The Morgan fingerprint density at radius 2 is 1.81 bits per heavy atom. The molecule has 0 atom stereocenters. The first-order valence-electron chi connectivity index (χ1n) is 6.07. The molecular weight excluding hydrogens is 294 g/mol. The van der Waals surface area contributed by atoms with Gasteiger partial charge in [-0.15, -0.1) is 0 Å². The lowest BCUT2D eigenvalue weighted by Crippen LogP contribution is -2.12. The molecule has 0 saturated heterocycles. The minimum atomic E-state index is -0.344. The van der Waals surface area contributed by atoms with Gasteiger partial charge in [-0.2, -0.15) is 0 Å². The van der Waals surface area contributed by atoms with E-state index in [0.29, 0.717) is 22.7 Å². The van der Waals surface area contributed by atoms with Gasteiger partial charge in [-0.25, -0.2) is 0 Å². The minimum absolute atomic E-state index is 0.127. The summed E-state index contributed by atoms with van der Waals surface area (Å²) in [5.41, 5.74) is 0.898. The van der Waals surface area contributed by atoms with Crippen molar-refractivity contribution in [1.29, 1.82) is 0 Å². The Morgan fingerprint density at radius 1 is 1.14 bits per heavy atom. The maximum Gasteiger partial charge on any atom is 0.255 e. The van der Waals surface area contributed by atoms with Gasteiger partial charge in [0.05, 0.1) is 19.2 Å². The molecule has 0 aliphatic heterocycles. The number of halogens is 1. The van der Waals surface area contributed by atoms with E-state index in [1.807, 2.05) is 0 Å². The first-order valence-corrected chi connectivity index (χ1v) is 6.45. The predicted octanol–water partition coefficient (Wildman–Crippen LogP) is 3.32. The molecule has 2 rings (SSSR count). The third-order valence-electron chi connectivity index (χ3n) is 2.82. The Labute approximate surface area is 127 Å². The van der Waals surface area contributed by atoms with Crippen LogP contribution in [0.2, 0.25) is 5.02 Å². The zero-order chi connectivity index (χ0) is 15.4. The van der Waals surface area contributed by atoms with E-state index in [2.05, 4.69) is 5.32 Å². The fraction of sp³-hybridized carbons (Fsp3) is 0.133. The van der Waals surface area contributed by atoms with Gasteiger partial charge in [0.2, 0.25) is 0 Å². The zero-order valence-electron chi connectivity index (χ0n) is 11.5. The molecular formula is C15H14ClNO4. The van der Waals surface area contributed by atoms with Gasteiger partial charge in [0, 0.05) is 11.3 Å². The summed E-state index contributed by atoms with van der Waals surface area (Å²) in [6.45, 7) is 0. The van der Waals surface area contributed by atoms with Gasteiger partial charge >= 0.3 is 0 Å². The Hall–Kier alpha value is -2.40. The van der Waals surface area contributed by atoms with E-state index in [0.717, 1.165) is 0 Å². The quantitative estimate of drug-likeness (QED) is 0.850. The number of rotatable bonds is 4. The second kappa shape index (κ2) is 6.37. The number of amides is 1. The summed E-state index contributed by atoms with van der Waals surface area (Å²) in [5, 5.41) is 12.2. The highest BCUT2D eigenvalue weighted by Gasteiger charge is 2.15. The molecule has 2 aromatic rings. The SMILES string of the molecule is COc1cc(C(=O)Nc2ccc(O)cc2)cc(Cl)c1OC. The number of ether oxygens (including phenoxy) is 2. The number of anilines is 1. The number of carbonyl (C=O) groups excluding carboxylic acids is 1. The van der Waals surface area contributed by atoms with Crippen LogP contribution in [0.5, 0.6) is 17.2 Å². The number of aromatic hydroxyl groups is 1. The molecule has 5 nitrogen and oxygen atoms in total. The van der Waals surface area contributed by atoms with Crippen LogP contribution < -0.4 is 14.8 Å². The van der Waals surface area contributed by atoms with Crippen LogP contribution in [0.3, 0.4) is 0 Å². The van der Waals surface area contributed by atoms with Crippen molar-refractivity contribution in [2.45, 2.75) is 0 Å². The molecule has 0 radical (unpaired) electrons. The highest BCUT2D eigenvalue weighted by molar-refractivity contribution is 6.32. The van der Waals surface area contributed by atoms with Crippen molar-refractivity contribution in [3.63, 3.8) is 0 Å². The van der Waals surface area contributed by atoms with Gasteiger partial charge in [-0.1, -0.05) is 11.6 Å². The van der Waals surface area contributed by atoms with Crippen molar-refractivity contribution in [2.75, 3.05) is 19.5 Å². The van der Waals surface area contributed by atoms with Crippen LogP contribution >= 0.6 is 11.6 Å². The van der Waals surface area contributed by atoms with Crippen LogP contribution in [0.25, 0.3) is 0 Å². The lowest BCUT2D eigenvalue weighted by molar-refractivity contribution is 0.102. The van der Waals surface area contributed by atoms with Crippen molar-refractivity contribution in [3.05, 3.63) is 47.0 Å². The van der Waals surface area contributed by atoms with Crippen LogP contribution in [-0.2, 0) is 0 Å². The lowest BCUT2D eigenvalue weighted by Gasteiger charge is -2.12. The first-order chi connectivity index (χ1) is 10.0. The summed E-state index contributed by atoms with van der Waals surface area (Å²) < 4.78 is 10.3. The highest BCUT2D eigenvalue weighted by atomic mass is 35.5. The Kier molecular flexibility index (Phi) is 4.55. The number of nitrogens with one attached hydrogen (secondary N) is 1. The number of methoxy groups -OCH3 is 2. The van der Waals surface area contributed by atoms with Gasteiger partial charge in [0.1, 0.15) is 5.75 Å². The van der Waals surface area contributed by atoms with Gasteiger partial charge in [-0.3, -0.25) is 4.79 Å². The Bertz CT molecular complexity index is 655. The molecule has 0 aromatic heterocycles. The predicted molar refractivity (Wildman–Crippen MR) is 80.6 cm³/mol. The fourth-order valence-electron chi connectivity index (χ4n) is 1.80. The van der Waals surface area contributed by atoms with Crippen molar-refractivity contribution >= 4 is 23.2 Å². The van der Waals surface area contributed by atoms with E-state index >= 15 is 0 Å². The summed E-state index contributed by atoms with van der Waals surface area (Å²) in [6, 6.07) is 9.19. The van der Waals surface area contributed by atoms with E-state index in [4.69, 9.17) is 21.1 Å². The Balaban J connectivity index is 2.27. The molecule has 21 heavy (non-hydrogen) atoms. The normalized spacial score (nSPS) is 10.0. The van der Waals surface area contributed by atoms with Crippen LogP contribution in [0.1, 0.15) is 10.4 Å². The molecule has 2 aromatic carbocycles. The van der Waals surface area contributed by atoms with E-state index in [9.17, 15) is 9.90 Å². The number of hydrogen-bond acceptors (Lipinski definition) is 4. The topological polar surface area (TPSA) is 67.8 Å². The van der Waals surface area contributed by atoms with Crippen LogP contribution in [0.15, 0.2) is 36.4 Å². The average Bonchev–Trinajstić information content (AvgIpc) is 2.48. The number of carbonyl (C=O) groups is 1. The van der Waals surface area contributed by atoms with E-state index in [1.165, 1.54) is 32.4 Å². The van der Waals surface area contributed by atoms with Gasteiger partial charge in [-0.05, 0) is 36.4 Å². The molecule has 1 amide bonds. The lowest BCUT2D eigenvalue weighted by atomic mass is 10.1. The van der Waals surface area contributed by atoms with E-state index in [1.54, 1.807) is 18.2 Å². The van der Waals surface area contributed by atoms with Crippen molar-refractivity contribution in [2.24, 2.45) is 0 Å². The van der Waals surface area contributed by atoms with Crippen LogP contribution in [-0.4, -0.2) is 25.2 Å². The third kappa shape index (κ3) is 3.38. The van der Waals surface area contributed by atoms with Crippen molar-refractivity contribution < 1.29 is 19.4 Å². The minimum Gasteiger partial charge on any atom is -0.508 e. The zero-order valence-corrected chi connectivity index (χ0v) is 12.3. The molecule has 2 N–H and O–H groups in total. The molecule has 0 saturated carbocycles. The molecule has 110 valence electrons. The maximum atomic E-state index is 12.2. The average molecular weight is 308 g/mol. The molecule has 0 unspecified atom stereocenters. The molecule has 0 fully saturated rings. The molecule has 0 spiro atoms. The molecule has 0 bridgehead atoms. The second-order valence-electron chi connectivity index (χ2n) is 4.19. The third-order valence-corrected chi connectivity index (χ3v) is 3.10. The van der Waals surface area contributed by atoms with Crippen molar-refractivity contribution in [1.82, 2.24) is 0 Å². The van der Waals surface area contributed by atoms with Crippen LogP contribution in [0, 0.1) is 0 Å². The van der Waals surface area contributed by atoms with Crippen LogP contribution in [0.4, 0.5) is 5.69 Å². The summed E-state index contributed by atoms with van der Waals surface area (Å²) in [6.07, 6.45) is 0. The first kappa shape index (κ1) is 15.0. The van der Waals surface area contributed by atoms with Crippen molar-refractivity contribution in [3.8, 4) is 17.2 Å². The van der Waals surface area contributed by atoms with Gasteiger partial charge in [0.25, 0.3) is 5.91 Å². The number of benzene rings is 2. The summed E-state index contributed by atoms with van der Waals surface area (Å²) in [4.78, 5) is 12.2. The summed E-state index contributed by atoms with van der Waals surface area (Å²) in [7, 11) is 2.94. The standard InChI is InChI=1S/C15H14ClNO4/c1-20-13-8-9(7-12(16)14(13)21-2)15(19)17-10-3-5-11(18)6-4-10/h3-8,18H,1-2H3,(H,17,19). The number of hydrogen-bond donors (Lipinski definition) is 2. The number of phenolic OH excluding ortho intramolecular Hbond substituents is 1. The summed E-state index contributed by atoms with van der Waals surface area (Å²) in [5.74, 6) is 0.534. The molecule has 0 aliphatic rings. The second-order valence-corrected chi connectivity index (χ2v) is 4.60. The molecule has 6 heteroatoms. The summed E-state index contributed by atoms with van der Waals surface area (Å²) >= 11 is 6.06. The van der Waals surface area contributed by atoms with E-state index < -0.39 is 0 Å². The monoisotopic (exact) mass is 307 g/mol. The maximum absolute atomic E-state index is 12.2. The smallest absolute Gasteiger partial charge is 0.255 e. The number of phenols is 1. The fourth-order valence-corrected chi connectivity index (χ4v) is 2.08. The van der Waals surface area contributed by atoms with Gasteiger partial charge < -0.3 is 19.9 Å². The molecule has 0 heterocycles.